The van der Waals surface area contributed by atoms with Crippen molar-refractivity contribution in [2.24, 2.45) is 0 Å². The summed E-state index contributed by atoms with van der Waals surface area (Å²) in [5.41, 5.74) is 1.32. The van der Waals surface area contributed by atoms with Crippen LogP contribution in [0.2, 0.25) is 5.02 Å². The number of benzene rings is 2. The van der Waals surface area contributed by atoms with Gasteiger partial charge < -0.3 is 5.32 Å². The lowest BCUT2D eigenvalue weighted by Gasteiger charge is -2.18. The van der Waals surface area contributed by atoms with Crippen LogP contribution in [0.25, 0.3) is 6.08 Å². The van der Waals surface area contributed by atoms with Gasteiger partial charge in [-0.1, -0.05) is 48.0 Å². The van der Waals surface area contributed by atoms with Crippen LogP contribution in [0.4, 0.5) is 0 Å². The van der Waals surface area contributed by atoms with E-state index in [4.69, 9.17) is 11.6 Å². The Morgan fingerprint density at radius 3 is 2.41 bits per heavy atom. The molecular weight excluding hydrogens is 408 g/mol. The molecule has 0 bridgehead atoms. The zero-order valence-corrected chi connectivity index (χ0v) is 17.0. The molecule has 5 nitrogen and oxygen atoms in total. The maximum absolute atomic E-state index is 13.1. The first kappa shape index (κ1) is 20.8. The Labute approximate surface area is 175 Å². The van der Waals surface area contributed by atoms with Gasteiger partial charge in [0, 0.05) is 30.0 Å². The molecule has 0 aliphatic carbocycles. The number of carbonyl (C=O) groups is 1. The van der Waals surface area contributed by atoms with Gasteiger partial charge in [0.1, 0.15) is 5.25 Å². The fourth-order valence-corrected chi connectivity index (χ4v) is 4.54. The van der Waals surface area contributed by atoms with E-state index in [2.05, 4.69) is 10.3 Å². The summed E-state index contributed by atoms with van der Waals surface area (Å²) in [5, 5.41) is 2.34. The average Bonchev–Trinajstić information content (AvgIpc) is 2.75. The topological polar surface area (TPSA) is 76.1 Å². The van der Waals surface area contributed by atoms with E-state index in [1.54, 1.807) is 79.0 Å². The molecule has 0 saturated heterocycles. The molecule has 0 aliphatic rings. The zero-order chi connectivity index (χ0) is 20.7. The summed E-state index contributed by atoms with van der Waals surface area (Å²) in [4.78, 5) is 16.5. The highest BCUT2D eigenvalue weighted by Crippen LogP contribution is 2.27. The van der Waals surface area contributed by atoms with Crippen LogP contribution in [0.5, 0.6) is 0 Å². The first-order chi connectivity index (χ1) is 14.0. The normalized spacial score (nSPS) is 12.6. The van der Waals surface area contributed by atoms with Gasteiger partial charge in [-0.05, 0) is 47.5 Å². The monoisotopic (exact) mass is 426 g/mol. The summed E-state index contributed by atoms with van der Waals surface area (Å²) >= 11 is 5.85. The van der Waals surface area contributed by atoms with Crippen molar-refractivity contribution in [2.75, 3.05) is 6.54 Å². The summed E-state index contributed by atoms with van der Waals surface area (Å²) in [5.74, 6) is -0.392. The Hall–Kier alpha value is -2.96. The first-order valence-electron chi connectivity index (χ1n) is 8.87. The van der Waals surface area contributed by atoms with Crippen molar-refractivity contribution < 1.29 is 13.2 Å². The lowest BCUT2D eigenvalue weighted by molar-refractivity contribution is -0.116. The van der Waals surface area contributed by atoms with Crippen molar-refractivity contribution in [3.05, 3.63) is 101 Å². The molecule has 0 fully saturated rings. The average molecular weight is 427 g/mol. The molecule has 1 amide bonds. The number of nitrogens with one attached hydrogen (secondary N) is 1. The van der Waals surface area contributed by atoms with E-state index in [9.17, 15) is 13.2 Å². The quantitative estimate of drug-likeness (QED) is 0.577. The molecule has 0 aliphatic heterocycles. The Kier molecular flexibility index (Phi) is 6.80. The van der Waals surface area contributed by atoms with Gasteiger partial charge in [0.15, 0.2) is 9.84 Å². The molecular formula is C22H19ClN2O3S. The standard InChI is InChI=1S/C22H19ClN2O3S/c23-19-11-8-17(9-12-19)10-13-22(26)25-16-21(18-5-4-14-24-15-18)29(27,28)20-6-2-1-3-7-20/h1-15,21H,16H2,(H,25,26)/b13-10+. The minimum absolute atomic E-state index is 0.0767. The maximum Gasteiger partial charge on any atom is 0.244 e. The SMILES string of the molecule is O=C(/C=C/c1ccc(Cl)cc1)NCC(c1cccnc1)S(=O)(=O)c1ccccc1. The number of sulfone groups is 1. The molecule has 7 heteroatoms. The van der Waals surface area contributed by atoms with Crippen molar-refractivity contribution in [1.82, 2.24) is 10.3 Å². The van der Waals surface area contributed by atoms with E-state index in [0.717, 1.165) is 5.56 Å². The molecule has 1 aromatic heterocycles. The van der Waals surface area contributed by atoms with Crippen LogP contribution in [-0.2, 0) is 14.6 Å². The van der Waals surface area contributed by atoms with Gasteiger partial charge in [-0.25, -0.2) is 8.42 Å². The van der Waals surface area contributed by atoms with Gasteiger partial charge in [-0.3, -0.25) is 9.78 Å². The summed E-state index contributed by atoms with van der Waals surface area (Å²) in [6.45, 7) is -0.0767. The Bertz CT molecular complexity index is 1080. The van der Waals surface area contributed by atoms with Crippen LogP contribution in [0.3, 0.4) is 0 Å². The van der Waals surface area contributed by atoms with E-state index in [-0.39, 0.29) is 11.4 Å². The molecule has 0 radical (unpaired) electrons. The number of carbonyl (C=O) groups excluding carboxylic acids is 1. The van der Waals surface area contributed by atoms with Crippen LogP contribution in [0, 0.1) is 0 Å². The largest absolute Gasteiger partial charge is 0.351 e. The summed E-state index contributed by atoms with van der Waals surface area (Å²) in [6.07, 6.45) is 6.07. The third-order valence-electron chi connectivity index (χ3n) is 4.26. The third kappa shape index (κ3) is 5.53. The van der Waals surface area contributed by atoms with Gasteiger partial charge in [-0.15, -0.1) is 0 Å². The summed E-state index contributed by atoms with van der Waals surface area (Å²) in [7, 11) is -3.72. The Morgan fingerprint density at radius 2 is 1.76 bits per heavy atom. The maximum atomic E-state index is 13.1. The predicted molar refractivity (Wildman–Crippen MR) is 114 cm³/mol. The molecule has 29 heavy (non-hydrogen) atoms. The van der Waals surface area contributed by atoms with Gasteiger partial charge in [0.25, 0.3) is 0 Å². The smallest absolute Gasteiger partial charge is 0.244 e. The Balaban J connectivity index is 1.77. The van der Waals surface area contributed by atoms with Crippen molar-refractivity contribution in [3.8, 4) is 0 Å². The van der Waals surface area contributed by atoms with E-state index < -0.39 is 21.0 Å². The van der Waals surface area contributed by atoms with Crippen LogP contribution in [-0.4, -0.2) is 25.9 Å². The predicted octanol–water partition coefficient (Wildman–Crippen LogP) is 4.08. The Morgan fingerprint density at radius 1 is 1.03 bits per heavy atom. The van der Waals surface area contributed by atoms with Gasteiger partial charge in [-0.2, -0.15) is 0 Å². The van der Waals surface area contributed by atoms with Crippen LogP contribution in [0.15, 0.2) is 90.1 Å². The number of amides is 1. The second-order valence-corrected chi connectivity index (χ2v) is 8.83. The fourth-order valence-electron chi connectivity index (χ4n) is 2.75. The van der Waals surface area contributed by atoms with Crippen molar-refractivity contribution in [2.45, 2.75) is 10.1 Å². The number of halogens is 1. The molecule has 1 unspecified atom stereocenters. The highest BCUT2D eigenvalue weighted by molar-refractivity contribution is 7.91. The molecule has 148 valence electrons. The van der Waals surface area contributed by atoms with E-state index in [1.807, 2.05) is 0 Å². The lowest BCUT2D eigenvalue weighted by Crippen LogP contribution is -2.31. The number of hydrogen-bond acceptors (Lipinski definition) is 4. The molecule has 0 saturated carbocycles. The minimum Gasteiger partial charge on any atom is -0.351 e. The number of pyridine rings is 1. The van der Waals surface area contributed by atoms with Crippen molar-refractivity contribution in [3.63, 3.8) is 0 Å². The van der Waals surface area contributed by atoms with Gasteiger partial charge in [0.05, 0.1) is 4.90 Å². The lowest BCUT2D eigenvalue weighted by atomic mass is 10.2. The highest BCUT2D eigenvalue weighted by atomic mass is 35.5. The van der Waals surface area contributed by atoms with E-state index in [0.29, 0.717) is 10.6 Å². The number of aromatic nitrogens is 1. The summed E-state index contributed by atoms with van der Waals surface area (Å²) < 4.78 is 26.3. The van der Waals surface area contributed by atoms with Gasteiger partial charge in [0.2, 0.25) is 5.91 Å². The molecule has 2 aromatic carbocycles. The minimum atomic E-state index is -3.72. The number of hydrogen-bond donors (Lipinski definition) is 1. The van der Waals surface area contributed by atoms with Crippen molar-refractivity contribution in [1.29, 1.82) is 0 Å². The second kappa shape index (κ2) is 9.49. The second-order valence-electron chi connectivity index (χ2n) is 6.26. The van der Waals surface area contributed by atoms with Crippen LogP contribution < -0.4 is 5.32 Å². The molecule has 1 heterocycles. The fraction of sp³-hybridized carbons (Fsp3) is 0.0909. The highest BCUT2D eigenvalue weighted by Gasteiger charge is 2.29. The van der Waals surface area contributed by atoms with Gasteiger partial charge >= 0.3 is 0 Å². The molecule has 3 rings (SSSR count). The zero-order valence-electron chi connectivity index (χ0n) is 15.4. The van der Waals surface area contributed by atoms with Crippen LogP contribution in [0.1, 0.15) is 16.4 Å². The van der Waals surface area contributed by atoms with E-state index in [1.165, 1.54) is 12.3 Å². The molecule has 1 N–H and O–H groups in total. The summed E-state index contributed by atoms with van der Waals surface area (Å²) in [6, 6.07) is 18.5. The molecule has 1 atom stereocenters. The number of nitrogens with zero attached hydrogens (tertiary/aromatic N) is 1. The van der Waals surface area contributed by atoms with Crippen molar-refractivity contribution >= 4 is 33.4 Å². The first-order valence-corrected chi connectivity index (χ1v) is 10.8. The van der Waals surface area contributed by atoms with E-state index >= 15 is 0 Å². The van der Waals surface area contributed by atoms with Crippen LogP contribution >= 0.6 is 11.6 Å². The number of rotatable bonds is 7. The molecule has 3 aromatic rings. The molecule has 0 spiro atoms. The third-order valence-corrected chi connectivity index (χ3v) is 6.63.